The van der Waals surface area contributed by atoms with Gasteiger partial charge in [-0.3, -0.25) is 0 Å². The van der Waals surface area contributed by atoms with Crippen molar-refractivity contribution in [1.29, 1.82) is 0 Å². The third kappa shape index (κ3) is 3.76. The third-order valence-electron chi connectivity index (χ3n) is 3.36. The second-order valence-corrected chi connectivity index (χ2v) is 4.99. The van der Waals surface area contributed by atoms with Crippen LogP contribution in [-0.4, -0.2) is 29.8 Å². The van der Waals surface area contributed by atoms with Crippen LogP contribution in [0.5, 0.6) is 5.75 Å². The molecule has 0 atom stereocenters. The van der Waals surface area contributed by atoms with Gasteiger partial charge in [-0.1, -0.05) is 54.5 Å². The molecule has 0 bridgehead atoms. The standard InChI is InChI=1S/C18H19N3O2/c1-2-19-12-13-22-16-11-7-6-10-15(16)18-20-17(21-23-18)14-8-4-3-5-9-14/h3-11,19H,2,12-13H2,1H3. The molecular formula is C18H19N3O2. The largest absolute Gasteiger partial charge is 0.491 e. The van der Waals surface area contributed by atoms with Gasteiger partial charge in [0.25, 0.3) is 5.89 Å². The SMILES string of the molecule is CCNCCOc1ccccc1-c1nc(-c2ccccc2)no1. The highest BCUT2D eigenvalue weighted by molar-refractivity contribution is 5.65. The van der Waals surface area contributed by atoms with E-state index in [2.05, 4.69) is 22.4 Å². The number of hydrogen-bond acceptors (Lipinski definition) is 5. The number of nitrogens with zero attached hydrogens (tertiary/aromatic N) is 2. The number of para-hydroxylation sites is 1. The van der Waals surface area contributed by atoms with Gasteiger partial charge in [0, 0.05) is 12.1 Å². The zero-order chi connectivity index (χ0) is 15.9. The van der Waals surface area contributed by atoms with Gasteiger partial charge in [-0.25, -0.2) is 0 Å². The predicted octanol–water partition coefficient (Wildman–Crippen LogP) is 3.39. The van der Waals surface area contributed by atoms with E-state index < -0.39 is 0 Å². The molecule has 5 nitrogen and oxygen atoms in total. The molecule has 1 heterocycles. The molecule has 0 spiro atoms. The number of benzene rings is 2. The molecule has 23 heavy (non-hydrogen) atoms. The molecule has 3 rings (SSSR count). The first-order chi connectivity index (χ1) is 11.4. The van der Waals surface area contributed by atoms with Gasteiger partial charge in [-0.2, -0.15) is 4.98 Å². The Morgan fingerprint density at radius 3 is 2.65 bits per heavy atom. The fourth-order valence-corrected chi connectivity index (χ4v) is 2.22. The number of nitrogens with one attached hydrogen (secondary N) is 1. The molecule has 0 unspecified atom stereocenters. The first kappa shape index (κ1) is 15.2. The van der Waals surface area contributed by atoms with Crippen LogP contribution in [0.4, 0.5) is 0 Å². The Morgan fingerprint density at radius 1 is 1.04 bits per heavy atom. The lowest BCUT2D eigenvalue weighted by molar-refractivity contribution is 0.315. The number of ether oxygens (including phenoxy) is 1. The van der Waals surface area contributed by atoms with Gasteiger partial charge in [0.15, 0.2) is 0 Å². The lowest BCUT2D eigenvalue weighted by Crippen LogP contribution is -2.20. The van der Waals surface area contributed by atoms with Crippen LogP contribution in [0.15, 0.2) is 59.1 Å². The second kappa shape index (κ2) is 7.56. The summed E-state index contributed by atoms with van der Waals surface area (Å²) in [6.45, 7) is 4.38. The van der Waals surface area contributed by atoms with Gasteiger partial charge in [0.05, 0.1) is 5.56 Å². The van der Waals surface area contributed by atoms with Crippen LogP contribution in [0, 0.1) is 0 Å². The Kier molecular flexibility index (Phi) is 5.01. The minimum atomic E-state index is 0.461. The van der Waals surface area contributed by atoms with Gasteiger partial charge in [0.1, 0.15) is 12.4 Å². The smallest absolute Gasteiger partial charge is 0.262 e. The maximum Gasteiger partial charge on any atom is 0.262 e. The summed E-state index contributed by atoms with van der Waals surface area (Å²) in [6, 6.07) is 17.4. The molecule has 3 aromatic rings. The first-order valence-electron chi connectivity index (χ1n) is 7.70. The van der Waals surface area contributed by atoms with Gasteiger partial charge in [-0.05, 0) is 18.7 Å². The highest BCUT2D eigenvalue weighted by Crippen LogP contribution is 2.29. The number of aromatic nitrogens is 2. The van der Waals surface area contributed by atoms with E-state index in [1.54, 1.807) is 0 Å². The highest BCUT2D eigenvalue weighted by atomic mass is 16.5. The summed E-state index contributed by atoms with van der Waals surface area (Å²) in [6.07, 6.45) is 0. The number of hydrogen-bond donors (Lipinski definition) is 1. The van der Waals surface area contributed by atoms with E-state index in [1.165, 1.54) is 0 Å². The van der Waals surface area contributed by atoms with Crippen molar-refractivity contribution in [3.05, 3.63) is 54.6 Å². The number of rotatable bonds is 7. The Bertz CT molecular complexity index is 741. The van der Waals surface area contributed by atoms with E-state index in [9.17, 15) is 0 Å². The van der Waals surface area contributed by atoms with Crippen molar-refractivity contribution in [2.24, 2.45) is 0 Å². The van der Waals surface area contributed by atoms with E-state index in [0.29, 0.717) is 18.3 Å². The zero-order valence-corrected chi connectivity index (χ0v) is 13.0. The normalized spacial score (nSPS) is 10.7. The Labute approximate surface area is 135 Å². The molecule has 0 amide bonds. The molecule has 0 aliphatic carbocycles. The summed E-state index contributed by atoms with van der Waals surface area (Å²) >= 11 is 0. The topological polar surface area (TPSA) is 60.2 Å². The quantitative estimate of drug-likeness (QED) is 0.678. The van der Waals surface area contributed by atoms with Crippen molar-refractivity contribution in [3.63, 3.8) is 0 Å². The Hall–Kier alpha value is -2.66. The summed E-state index contributed by atoms with van der Waals surface area (Å²) in [5.41, 5.74) is 1.73. The molecule has 1 aromatic heterocycles. The van der Waals surface area contributed by atoms with Crippen LogP contribution in [0.25, 0.3) is 22.8 Å². The van der Waals surface area contributed by atoms with E-state index in [4.69, 9.17) is 9.26 Å². The van der Waals surface area contributed by atoms with Gasteiger partial charge in [-0.15, -0.1) is 0 Å². The van der Waals surface area contributed by atoms with E-state index in [-0.39, 0.29) is 0 Å². The van der Waals surface area contributed by atoms with Crippen molar-refractivity contribution in [2.75, 3.05) is 19.7 Å². The molecule has 0 radical (unpaired) electrons. The summed E-state index contributed by atoms with van der Waals surface area (Å²) in [4.78, 5) is 4.48. The molecule has 1 N–H and O–H groups in total. The highest BCUT2D eigenvalue weighted by Gasteiger charge is 2.14. The van der Waals surface area contributed by atoms with Crippen LogP contribution in [0.3, 0.4) is 0 Å². The molecule has 5 heteroatoms. The summed E-state index contributed by atoms with van der Waals surface area (Å²) in [7, 11) is 0. The Morgan fingerprint density at radius 2 is 1.83 bits per heavy atom. The lowest BCUT2D eigenvalue weighted by Gasteiger charge is -2.09. The minimum absolute atomic E-state index is 0.461. The van der Waals surface area contributed by atoms with Crippen LogP contribution in [-0.2, 0) is 0 Å². The van der Waals surface area contributed by atoms with Gasteiger partial charge in [0.2, 0.25) is 5.82 Å². The molecular weight excluding hydrogens is 290 g/mol. The van der Waals surface area contributed by atoms with E-state index in [1.807, 2.05) is 54.6 Å². The van der Waals surface area contributed by atoms with Crippen molar-refractivity contribution in [1.82, 2.24) is 15.5 Å². The maximum absolute atomic E-state index is 5.82. The van der Waals surface area contributed by atoms with E-state index in [0.717, 1.165) is 30.0 Å². The van der Waals surface area contributed by atoms with Crippen LogP contribution < -0.4 is 10.1 Å². The Balaban J connectivity index is 1.81. The molecule has 118 valence electrons. The first-order valence-corrected chi connectivity index (χ1v) is 7.70. The fourth-order valence-electron chi connectivity index (χ4n) is 2.22. The maximum atomic E-state index is 5.82. The zero-order valence-electron chi connectivity index (χ0n) is 13.0. The monoisotopic (exact) mass is 309 g/mol. The van der Waals surface area contributed by atoms with Crippen molar-refractivity contribution >= 4 is 0 Å². The van der Waals surface area contributed by atoms with Gasteiger partial charge >= 0.3 is 0 Å². The van der Waals surface area contributed by atoms with Crippen molar-refractivity contribution in [2.45, 2.75) is 6.92 Å². The summed E-state index contributed by atoms with van der Waals surface area (Å²) in [5, 5.41) is 7.29. The molecule has 0 fully saturated rings. The summed E-state index contributed by atoms with van der Waals surface area (Å²) < 4.78 is 11.2. The molecule has 0 aliphatic heterocycles. The van der Waals surface area contributed by atoms with Gasteiger partial charge < -0.3 is 14.6 Å². The number of likely N-dealkylation sites (N-methyl/N-ethyl adjacent to an activating group) is 1. The molecule has 0 aliphatic rings. The van der Waals surface area contributed by atoms with Crippen LogP contribution in [0.1, 0.15) is 6.92 Å². The third-order valence-corrected chi connectivity index (χ3v) is 3.36. The second-order valence-electron chi connectivity index (χ2n) is 4.99. The lowest BCUT2D eigenvalue weighted by atomic mass is 10.2. The van der Waals surface area contributed by atoms with E-state index >= 15 is 0 Å². The average Bonchev–Trinajstić information content (AvgIpc) is 3.10. The molecule has 0 saturated heterocycles. The summed E-state index contributed by atoms with van der Waals surface area (Å²) in [5.74, 6) is 1.78. The van der Waals surface area contributed by atoms with Crippen LogP contribution >= 0.6 is 0 Å². The average molecular weight is 309 g/mol. The molecule has 2 aromatic carbocycles. The van der Waals surface area contributed by atoms with Crippen LogP contribution in [0.2, 0.25) is 0 Å². The van der Waals surface area contributed by atoms with Crippen molar-refractivity contribution in [3.8, 4) is 28.6 Å². The fraction of sp³-hybridized carbons (Fsp3) is 0.222. The molecule has 0 saturated carbocycles. The predicted molar refractivity (Wildman–Crippen MR) is 89.2 cm³/mol. The van der Waals surface area contributed by atoms with Crippen molar-refractivity contribution < 1.29 is 9.26 Å². The minimum Gasteiger partial charge on any atom is -0.491 e.